The molecule has 3 heterocycles. The van der Waals surface area contributed by atoms with Crippen molar-refractivity contribution in [3.05, 3.63) is 44.3 Å². The number of hydrogen-bond acceptors (Lipinski definition) is 6. The second kappa shape index (κ2) is 10.4. The number of carbonyl (C=O) groups excluding carboxylic acids is 1. The lowest BCUT2D eigenvalue weighted by Crippen LogP contribution is -2.47. The smallest absolute Gasteiger partial charge is 0.261 e. The van der Waals surface area contributed by atoms with Crippen molar-refractivity contribution in [3.8, 4) is 0 Å². The zero-order valence-corrected chi connectivity index (χ0v) is 21.1. The Bertz CT molecular complexity index is 1150. The van der Waals surface area contributed by atoms with Gasteiger partial charge in [0, 0.05) is 38.3 Å². The zero-order chi connectivity index (χ0) is 23.7. The standard InChI is InChI=1S/C24H27Cl2FN4O2S/c25-18-13-17-20(14-19(18)27)33-29-23(17)31-11-9-30(10-12-31)8-7-15-1-3-16(4-2-15)28-24(32)21-5-6-22(26)34-21/h5-6,13-16H,1-4,7-12H2,(H,28,32)/t15-,16-. The molecule has 2 aromatic heterocycles. The number of fused-ring (bicyclic) bond motifs is 1. The first-order valence-electron chi connectivity index (χ1n) is 11.7. The lowest BCUT2D eigenvalue weighted by molar-refractivity contribution is 0.0924. The van der Waals surface area contributed by atoms with E-state index in [1.54, 1.807) is 18.2 Å². The summed E-state index contributed by atoms with van der Waals surface area (Å²) < 4.78 is 19.6. The Labute approximate surface area is 212 Å². The molecule has 0 radical (unpaired) electrons. The molecule has 3 aromatic rings. The van der Waals surface area contributed by atoms with Crippen LogP contribution < -0.4 is 10.2 Å². The van der Waals surface area contributed by atoms with Gasteiger partial charge in [-0.05, 0) is 62.8 Å². The van der Waals surface area contributed by atoms with E-state index in [1.165, 1.54) is 23.8 Å². The van der Waals surface area contributed by atoms with Crippen LogP contribution in [0.2, 0.25) is 9.36 Å². The molecule has 1 saturated heterocycles. The minimum Gasteiger partial charge on any atom is -0.354 e. The molecule has 182 valence electrons. The summed E-state index contributed by atoms with van der Waals surface area (Å²) in [6.07, 6.45) is 5.55. The third kappa shape index (κ3) is 5.35. The van der Waals surface area contributed by atoms with E-state index in [0.717, 1.165) is 69.6 Å². The fourth-order valence-corrected chi connectivity index (χ4v) is 6.10. The Balaban J connectivity index is 1.04. The number of nitrogens with one attached hydrogen (secondary N) is 1. The molecule has 0 unspecified atom stereocenters. The number of halogens is 3. The third-order valence-corrected chi connectivity index (χ3v) is 8.52. The van der Waals surface area contributed by atoms with Crippen molar-refractivity contribution in [2.45, 2.75) is 38.1 Å². The van der Waals surface area contributed by atoms with Crippen molar-refractivity contribution in [3.63, 3.8) is 0 Å². The number of aromatic nitrogens is 1. The number of piperazine rings is 1. The Morgan fingerprint density at radius 3 is 2.62 bits per heavy atom. The average molecular weight is 525 g/mol. The van der Waals surface area contributed by atoms with Crippen LogP contribution in [-0.4, -0.2) is 54.7 Å². The van der Waals surface area contributed by atoms with Crippen molar-refractivity contribution in [1.82, 2.24) is 15.4 Å². The van der Waals surface area contributed by atoms with E-state index < -0.39 is 5.82 Å². The maximum atomic E-state index is 13.7. The summed E-state index contributed by atoms with van der Waals surface area (Å²) in [5.74, 6) is 0.941. The van der Waals surface area contributed by atoms with Gasteiger partial charge in [0.15, 0.2) is 11.4 Å². The van der Waals surface area contributed by atoms with Crippen LogP contribution in [0, 0.1) is 11.7 Å². The Morgan fingerprint density at radius 2 is 1.91 bits per heavy atom. The monoisotopic (exact) mass is 524 g/mol. The van der Waals surface area contributed by atoms with Gasteiger partial charge in [0.1, 0.15) is 5.82 Å². The molecule has 6 nitrogen and oxygen atoms in total. The van der Waals surface area contributed by atoms with Crippen molar-refractivity contribution >= 4 is 57.2 Å². The summed E-state index contributed by atoms with van der Waals surface area (Å²) in [5, 5.41) is 8.17. The number of benzene rings is 1. The fraction of sp³-hybridized carbons (Fsp3) is 0.500. The summed E-state index contributed by atoms with van der Waals surface area (Å²) in [5.41, 5.74) is 0.422. The summed E-state index contributed by atoms with van der Waals surface area (Å²) in [6, 6.07) is 6.70. The molecular formula is C24H27Cl2FN4O2S. The van der Waals surface area contributed by atoms with Gasteiger partial charge in [-0.3, -0.25) is 9.69 Å². The molecule has 5 rings (SSSR count). The molecule has 1 saturated carbocycles. The summed E-state index contributed by atoms with van der Waals surface area (Å²) in [7, 11) is 0. The maximum absolute atomic E-state index is 13.7. The second-order valence-corrected chi connectivity index (χ2v) is 11.3. The topological polar surface area (TPSA) is 61.6 Å². The van der Waals surface area contributed by atoms with Gasteiger partial charge in [0.25, 0.3) is 5.91 Å². The van der Waals surface area contributed by atoms with Gasteiger partial charge < -0.3 is 14.7 Å². The quantitative estimate of drug-likeness (QED) is 0.439. The van der Waals surface area contributed by atoms with Crippen LogP contribution >= 0.6 is 34.5 Å². The summed E-state index contributed by atoms with van der Waals surface area (Å²) >= 11 is 13.2. The fourth-order valence-electron chi connectivity index (χ4n) is 4.99. The van der Waals surface area contributed by atoms with Crippen LogP contribution in [0.15, 0.2) is 28.8 Å². The van der Waals surface area contributed by atoms with Gasteiger partial charge in [-0.2, -0.15) is 0 Å². The molecule has 1 aliphatic carbocycles. The minimum absolute atomic E-state index is 0.00878. The Hall–Kier alpha value is -1.87. The molecule has 2 aliphatic rings. The summed E-state index contributed by atoms with van der Waals surface area (Å²) in [4.78, 5) is 17.7. The molecule has 34 heavy (non-hydrogen) atoms. The van der Waals surface area contributed by atoms with E-state index in [1.807, 2.05) is 0 Å². The number of amides is 1. The van der Waals surface area contributed by atoms with Crippen molar-refractivity contribution in [2.24, 2.45) is 5.92 Å². The first kappa shape index (κ1) is 23.9. The predicted molar refractivity (Wildman–Crippen MR) is 135 cm³/mol. The van der Waals surface area contributed by atoms with Crippen LogP contribution in [0.4, 0.5) is 10.2 Å². The van der Waals surface area contributed by atoms with Gasteiger partial charge in [0.2, 0.25) is 0 Å². The second-order valence-electron chi connectivity index (χ2n) is 9.18. The number of anilines is 1. The highest BCUT2D eigenvalue weighted by Crippen LogP contribution is 2.32. The molecule has 10 heteroatoms. The van der Waals surface area contributed by atoms with Crippen molar-refractivity contribution in [2.75, 3.05) is 37.6 Å². The minimum atomic E-state index is -0.495. The lowest BCUT2D eigenvalue weighted by atomic mass is 9.84. The highest BCUT2D eigenvalue weighted by atomic mass is 35.5. The van der Waals surface area contributed by atoms with E-state index in [4.69, 9.17) is 27.7 Å². The molecule has 1 aromatic carbocycles. The van der Waals surface area contributed by atoms with Crippen LogP contribution in [0.5, 0.6) is 0 Å². The van der Waals surface area contributed by atoms with E-state index in [-0.39, 0.29) is 17.0 Å². The Morgan fingerprint density at radius 1 is 1.15 bits per heavy atom. The van der Waals surface area contributed by atoms with Gasteiger partial charge in [0.05, 0.1) is 19.6 Å². The first-order valence-corrected chi connectivity index (χ1v) is 13.3. The maximum Gasteiger partial charge on any atom is 0.261 e. The van der Waals surface area contributed by atoms with Crippen LogP contribution in [-0.2, 0) is 0 Å². The van der Waals surface area contributed by atoms with Crippen molar-refractivity contribution in [1.29, 1.82) is 0 Å². The van der Waals surface area contributed by atoms with E-state index in [2.05, 4.69) is 20.3 Å². The lowest BCUT2D eigenvalue weighted by Gasteiger charge is -2.36. The highest BCUT2D eigenvalue weighted by molar-refractivity contribution is 7.18. The first-order chi connectivity index (χ1) is 16.5. The van der Waals surface area contributed by atoms with Gasteiger partial charge >= 0.3 is 0 Å². The molecule has 0 atom stereocenters. The molecule has 0 bridgehead atoms. The number of carbonyl (C=O) groups is 1. The Kier molecular flexibility index (Phi) is 7.30. The van der Waals surface area contributed by atoms with E-state index in [9.17, 15) is 9.18 Å². The number of thiophene rings is 1. The van der Waals surface area contributed by atoms with E-state index >= 15 is 0 Å². The van der Waals surface area contributed by atoms with Crippen LogP contribution in [0.1, 0.15) is 41.8 Å². The normalized spacial score (nSPS) is 21.8. The molecule has 0 spiro atoms. The molecule has 1 N–H and O–H groups in total. The largest absolute Gasteiger partial charge is 0.354 e. The van der Waals surface area contributed by atoms with Gasteiger partial charge in [-0.15, -0.1) is 11.3 Å². The van der Waals surface area contributed by atoms with Gasteiger partial charge in [-0.1, -0.05) is 28.4 Å². The van der Waals surface area contributed by atoms with E-state index in [0.29, 0.717) is 20.7 Å². The molecule has 1 amide bonds. The number of nitrogens with zero attached hydrogens (tertiary/aromatic N) is 3. The predicted octanol–water partition coefficient (Wildman–Crippen LogP) is 5.84. The highest BCUT2D eigenvalue weighted by Gasteiger charge is 2.26. The number of hydrogen-bond donors (Lipinski definition) is 1. The average Bonchev–Trinajstić information content (AvgIpc) is 3.45. The molecular weight excluding hydrogens is 498 g/mol. The van der Waals surface area contributed by atoms with Crippen molar-refractivity contribution < 1.29 is 13.7 Å². The zero-order valence-electron chi connectivity index (χ0n) is 18.7. The van der Waals surface area contributed by atoms with Gasteiger partial charge in [-0.25, -0.2) is 4.39 Å². The number of rotatable bonds is 6. The van der Waals surface area contributed by atoms with Crippen LogP contribution in [0.25, 0.3) is 11.0 Å². The molecule has 1 aliphatic heterocycles. The van der Waals surface area contributed by atoms with Crippen LogP contribution in [0.3, 0.4) is 0 Å². The molecule has 2 fully saturated rings. The SMILES string of the molecule is O=C(N[C@H]1CC[C@H](CCN2CCN(c3noc4cc(F)c(Cl)cc34)CC2)CC1)c1ccc(Cl)s1. The summed E-state index contributed by atoms with van der Waals surface area (Å²) in [6.45, 7) is 4.69. The third-order valence-electron chi connectivity index (χ3n) is 7.00.